The zero-order valence-corrected chi connectivity index (χ0v) is 9.90. The molecule has 1 saturated heterocycles. The third-order valence-electron chi connectivity index (χ3n) is 3.01. The Balaban J connectivity index is 2.69. The van der Waals surface area contributed by atoms with E-state index in [1.54, 1.807) is 0 Å². The molecule has 1 aliphatic heterocycles. The van der Waals surface area contributed by atoms with Crippen LogP contribution in [0.5, 0.6) is 0 Å². The summed E-state index contributed by atoms with van der Waals surface area (Å²) in [4.78, 5) is 24.4. The van der Waals surface area contributed by atoms with E-state index >= 15 is 0 Å². The highest BCUT2D eigenvalue weighted by molar-refractivity contribution is 5.86. The number of nitrogens with one attached hydrogen (secondary N) is 1. The van der Waals surface area contributed by atoms with Crippen molar-refractivity contribution in [3.63, 3.8) is 0 Å². The average molecular weight is 228 g/mol. The van der Waals surface area contributed by atoms with Gasteiger partial charge >= 0.3 is 5.97 Å². The Morgan fingerprint density at radius 1 is 1.69 bits per heavy atom. The summed E-state index contributed by atoms with van der Waals surface area (Å²) in [6.45, 7) is 5.50. The van der Waals surface area contributed by atoms with Crippen LogP contribution in [-0.2, 0) is 9.59 Å². The summed E-state index contributed by atoms with van der Waals surface area (Å²) in [7, 11) is 0. The SMILES string of the molecule is CCCC(C)N1CCNC(=O)C1CC(=O)O. The van der Waals surface area contributed by atoms with Crippen LogP contribution in [0.2, 0.25) is 0 Å². The molecule has 0 saturated carbocycles. The van der Waals surface area contributed by atoms with Gasteiger partial charge in [-0.1, -0.05) is 13.3 Å². The molecule has 0 spiro atoms. The minimum Gasteiger partial charge on any atom is -0.481 e. The molecule has 0 radical (unpaired) electrons. The Morgan fingerprint density at radius 2 is 2.38 bits per heavy atom. The predicted octanol–water partition coefficient (Wildman–Crippen LogP) is 0.450. The number of rotatable bonds is 5. The number of hydrogen-bond donors (Lipinski definition) is 2. The Bertz CT molecular complexity index is 268. The molecule has 1 rings (SSSR count). The predicted molar refractivity (Wildman–Crippen MR) is 60.1 cm³/mol. The van der Waals surface area contributed by atoms with Gasteiger partial charge in [0.15, 0.2) is 0 Å². The van der Waals surface area contributed by atoms with Crippen LogP contribution >= 0.6 is 0 Å². The van der Waals surface area contributed by atoms with E-state index in [2.05, 4.69) is 19.2 Å². The largest absolute Gasteiger partial charge is 0.481 e. The number of carbonyl (C=O) groups is 2. The Morgan fingerprint density at radius 3 is 2.94 bits per heavy atom. The summed E-state index contributed by atoms with van der Waals surface area (Å²) in [6, 6.07) is -0.242. The molecule has 1 amide bonds. The molecule has 5 heteroatoms. The van der Waals surface area contributed by atoms with E-state index in [1.165, 1.54) is 0 Å². The molecule has 1 aliphatic rings. The molecule has 2 N–H and O–H groups in total. The summed E-state index contributed by atoms with van der Waals surface area (Å²) in [5, 5.41) is 11.5. The van der Waals surface area contributed by atoms with Crippen LogP contribution < -0.4 is 5.32 Å². The molecule has 16 heavy (non-hydrogen) atoms. The number of carboxylic acid groups (broad SMARTS) is 1. The van der Waals surface area contributed by atoms with Crippen molar-refractivity contribution in [2.45, 2.75) is 45.2 Å². The zero-order valence-electron chi connectivity index (χ0n) is 9.90. The summed E-state index contributed by atoms with van der Waals surface area (Å²) in [5.74, 6) is -1.08. The van der Waals surface area contributed by atoms with Crippen molar-refractivity contribution in [3.05, 3.63) is 0 Å². The average Bonchev–Trinajstić information content (AvgIpc) is 2.20. The fourth-order valence-corrected chi connectivity index (χ4v) is 2.22. The fourth-order valence-electron chi connectivity index (χ4n) is 2.22. The molecule has 0 bridgehead atoms. The second kappa shape index (κ2) is 5.84. The van der Waals surface area contributed by atoms with E-state index in [4.69, 9.17) is 5.11 Å². The maximum atomic E-state index is 11.6. The first kappa shape index (κ1) is 13.0. The summed E-state index contributed by atoms with van der Waals surface area (Å²) in [6.07, 6.45) is 1.92. The van der Waals surface area contributed by atoms with Crippen molar-refractivity contribution in [3.8, 4) is 0 Å². The molecular weight excluding hydrogens is 208 g/mol. The molecule has 0 aromatic heterocycles. The molecule has 2 unspecified atom stereocenters. The van der Waals surface area contributed by atoms with E-state index < -0.39 is 12.0 Å². The van der Waals surface area contributed by atoms with E-state index in [-0.39, 0.29) is 18.4 Å². The number of piperazine rings is 1. The molecular formula is C11H20N2O3. The second-order valence-electron chi connectivity index (χ2n) is 4.28. The van der Waals surface area contributed by atoms with Crippen molar-refractivity contribution in [2.24, 2.45) is 0 Å². The molecule has 2 atom stereocenters. The van der Waals surface area contributed by atoms with Gasteiger partial charge in [-0.05, 0) is 13.3 Å². The first-order valence-corrected chi connectivity index (χ1v) is 5.81. The quantitative estimate of drug-likeness (QED) is 0.717. The topological polar surface area (TPSA) is 69.6 Å². The van der Waals surface area contributed by atoms with Gasteiger partial charge in [0.1, 0.15) is 0 Å². The standard InChI is InChI=1S/C11H20N2O3/c1-3-4-8(2)13-6-5-12-11(16)9(13)7-10(14)15/h8-9H,3-7H2,1-2H3,(H,12,16)(H,14,15). The van der Waals surface area contributed by atoms with Gasteiger partial charge in [0.25, 0.3) is 0 Å². The second-order valence-corrected chi connectivity index (χ2v) is 4.28. The zero-order chi connectivity index (χ0) is 12.1. The van der Waals surface area contributed by atoms with Crippen molar-refractivity contribution in [1.82, 2.24) is 10.2 Å². The lowest BCUT2D eigenvalue weighted by Crippen LogP contribution is -2.58. The van der Waals surface area contributed by atoms with Gasteiger partial charge in [-0.25, -0.2) is 0 Å². The number of carboxylic acids is 1. The lowest BCUT2D eigenvalue weighted by Gasteiger charge is -2.38. The lowest BCUT2D eigenvalue weighted by atomic mass is 10.0. The highest BCUT2D eigenvalue weighted by Crippen LogP contribution is 2.15. The third-order valence-corrected chi connectivity index (χ3v) is 3.01. The molecule has 0 aromatic carbocycles. The van der Waals surface area contributed by atoms with Crippen molar-refractivity contribution in [1.29, 1.82) is 0 Å². The summed E-state index contributed by atoms with van der Waals surface area (Å²) in [5.41, 5.74) is 0. The van der Waals surface area contributed by atoms with Crippen LogP contribution in [0.25, 0.3) is 0 Å². The number of nitrogens with zero attached hydrogens (tertiary/aromatic N) is 1. The first-order chi connectivity index (χ1) is 7.56. The van der Waals surface area contributed by atoms with Gasteiger partial charge in [0.05, 0.1) is 12.5 Å². The number of aliphatic carboxylic acids is 1. The number of amides is 1. The Hall–Kier alpha value is -1.10. The van der Waals surface area contributed by atoms with Gasteiger partial charge in [-0.3, -0.25) is 14.5 Å². The minimum absolute atomic E-state index is 0.111. The molecule has 0 aliphatic carbocycles. The van der Waals surface area contributed by atoms with E-state index in [0.29, 0.717) is 6.54 Å². The summed E-state index contributed by atoms with van der Waals surface area (Å²) >= 11 is 0. The number of hydrogen-bond acceptors (Lipinski definition) is 3. The summed E-state index contributed by atoms with van der Waals surface area (Å²) < 4.78 is 0. The van der Waals surface area contributed by atoms with Gasteiger partial charge in [-0.2, -0.15) is 0 Å². The highest BCUT2D eigenvalue weighted by atomic mass is 16.4. The van der Waals surface area contributed by atoms with Crippen molar-refractivity contribution in [2.75, 3.05) is 13.1 Å². The van der Waals surface area contributed by atoms with Crippen molar-refractivity contribution < 1.29 is 14.7 Å². The van der Waals surface area contributed by atoms with E-state index in [1.807, 2.05) is 4.90 Å². The van der Waals surface area contributed by atoms with Crippen LogP contribution in [-0.4, -0.2) is 47.1 Å². The van der Waals surface area contributed by atoms with Crippen LogP contribution in [0, 0.1) is 0 Å². The molecule has 1 fully saturated rings. The van der Waals surface area contributed by atoms with Crippen LogP contribution in [0.3, 0.4) is 0 Å². The van der Waals surface area contributed by atoms with Crippen LogP contribution in [0.15, 0.2) is 0 Å². The van der Waals surface area contributed by atoms with Gasteiger partial charge in [-0.15, -0.1) is 0 Å². The molecule has 5 nitrogen and oxygen atoms in total. The smallest absolute Gasteiger partial charge is 0.305 e. The molecule has 1 heterocycles. The lowest BCUT2D eigenvalue weighted by molar-refractivity contribution is -0.143. The fraction of sp³-hybridized carbons (Fsp3) is 0.818. The maximum absolute atomic E-state index is 11.6. The number of carbonyl (C=O) groups excluding carboxylic acids is 1. The van der Waals surface area contributed by atoms with Gasteiger partial charge in [0.2, 0.25) is 5.91 Å². The Labute approximate surface area is 95.8 Å². The van der Waals surface area contributed by atoms with E-state index in [0.717, 1.165) is 19.4 Å². The third kappa shape index (κ3) is 3.20. The molecule has 92 valence electrons. The normalized spacial score (nSPS) is 23.9. The molecule has 0 aromatic rings. The minimum atomic E-state index is -0.921. The highest BCUT2D eigenvalue weighted by Gasteiger charge is 2.33. The maximum Gasteiger partial charge on any atom is 0.305 e. The van der Waals surface area contributed by atoms with Crippen LogP contribution in [0.1, 0.15) is 33.1 Å². The van der Waals surface area contributed by atoms with Crippen LogP contribution in [0.4, 0.5) is 0 Å². The van der Waals surface area contributed by atoms with Crippen molar-refractivity contribution >= 4 is 11.9 Å². The first-order valence-electron chi connectivity index (χ1n) is 5.81. The monoisotopic (exact) mass is 228 g/mol. The Kier molecular flexibility index (Phi) is 4.73. The van der Waals surface area contributed by atoms with Gasteiger partial charge in [0, 0.05) is 19.1 Å². The van der Waals surface area contributed by atoms with E-state index in [9.17, 15) is 9.59 Å². The van der Waals surface area contributed by atoms with Gasteiger partial charge < -0.3 is 10.4 Å².